The van der Waals surface area contributed by atoms with Crippen LogP contribution in [0.2, 0.25) is 5.02 Å². The maximum atomic E-state index is 12.4. The van der Waals surface area contributed by atoms with Gasteiger partial charge in [-0.25, -0.2) is 0 Å². The fraction of sp³-hybridized carbons (Fsp3) is 0.125. The highest BCUT2D eigenvalue weighted by atomic mass is 35.5. The molecular weight excluding hydrogens is 386 g/mol. The van der Waals surface area contributed by atoms with Gasteiger partial charge in [-0.15, -0.1) is 0 Å². The van der Waals surface area contributed by atoms with Crippen LogP contribution in [0.3, 0.4) is 0 Å². The van der Waals surface area contributed by atoms with Crippen molar-refractivity contribution in [1.82, 2.24) is 0 Å². The van der Waals surface area contributed by atoms with E-state index < -0.39 is 0 Å². The number of nitrogens with one attached hydrogen (secondary N) is 1. The van der Waals surface area contributed by atoms with Gasteiger partial charge in [0.15, 0.2) is 11.5 Å². The van der Waals surface area contributed by atoms with Crippen LogP contribution >= 0.6 is 11.6 Å². The Kier molecular flexibility index (Phi) is 5.28. The zero-order chi connectivity index (χ0) is 20.4. The number of hydrogen-bond donors (Lipinski definition) is 1. The fourth-order valence-corrected chi connectivity index (χ4v) is 3.50. The van der Waals surface area contributed by atoms with E-state index in [9.17, 15) is 4.79 Å². The zero-order valence-corrected chi connectivity index (χ0v) is 16.9. The van der Waals surface area contributed by atoms with E-state index in [1.165, 1.54) is 5.56 Å². The van der Waals surface area contributed by atoms with E-state index in [2.05, 4.69) is 24.4 Å². The Balaban J connectivity index is 1.59. The summed E-state index contributed by atoms with van der Waals surface area (Å²) >= 11 is 6.02. The van der Waals surface area contributed by atoms with E-state index in [-0.39, 0.29) is 5.91 Å². The Bertz CT molecular complexity index is 1120. The highest BCUT2D eigenvalue weighted by Gasteiger charge is 2.24. The largest absolute Gasteiger partial charge is 0.493 e. The molecule has 1 amide bonds. The number of hydrogen-bond acceptors (Lipinski definition) is 3. The smallest absolute Gasteiger partial charge is 0.256 e. The molecule has 146 valence electrons. The number of benzene rings is 3. The van der Waals surface area contributed by atoms with Gasteiger partial charge >= 0.3 is 0 Å². The van der Waals surface area contributed by atoms with Gasteiger partial charge in [0.1, 0.15) is 6.61 Å². The highest BCUT2D eigenvalue weighted by Crippen LogP contribution is 2.36. The first kappa shape index (κ1) is 19.1. The molecule has 4 rings (SSSR count). The van der Waals surface area contributed by atoms with E-state index in [1.807, 2.05) is 42.5 Å². The van der Waals surface area contributed by atoms with Crippen molar-refractivity contribution in [3.8, 4) is 11.5 Å². The third kappa shape index (κ3) is 4.13. The van der Waals surface area contributed by atoms with E-state index in [0.29, 0.717) is 28.7 Å². The first-order chi connectivity index (χ1) is 14.0. The summed E-state index contributed by atoms with van der Waals surface area (Å²) in [6, 6.07) is 19.2. The van der Waals surface area contributed by atoms with Crippen LogP contribution in [-0.2, 0) is 11.4 Å². The monoisotopic (exact) mass is 405 g/mol. The van der Waals surface area contributed by atoms with Crippen molar-refractivity contribution in [2.45, 2.75) is 13.5 Å². The minimum atomic E-state index is -0.152. The molecule has 0 atom stereocenters. The minimum Gasteiger partial charge on any atom is -0.493 e. The molecule has 0 unspecified atom stereocenters. The van der Waals surface area contributed by atoms with Gasteiger partial charge in [-0.05, 0) is 48.4 Å². The average molecular weight is 406 g/mol. The molecule has 5 heteroatoms. The second-order valence-electron chi connectivity index (χ2n) is 6.89. The Morgan fingerprint density at radius 2 is 1.90 bits per heavy atom. The molecule has 3 aromatic carbocycles. The topological polar surface area (TPSA) is 47.6 Å². The van der Waals surface area contributed by atoms with Gasteiger partial charge in [-0.1, -0.05) is 53.6 Å². The van der Waals surface area contributed by atoms with E-state index in [1.54, 1.807) is 19.2 Å². The summed E-state index contributed by atoms with van der Waals surface area (Å²) in [7, 11) is 1.60. The van der Waals surface area contributed by atoms with Crippen LogP contribution in [0, 0.1) is 6.92 Å². The number of aryl methyl sites for hydroxylation is 1. The molecule has 0 bridgehead atoms. The molecular formula is C24H20ClNO3. The lowest BCUT2D eigenvalue weighted by Crippen LogP contribution is -2.03. The SMILES string of the molecule is COc1cc(/C=C2/C(=O)Nc3cc(Cl)ccc32)ccc1OCc1cccc(C)c1. The summed E-state index contributed by atoms with van der Waals surface area (Å²) in [5.41, 5.74) is 5.27. The maximum Gasteiger partial charge on any atom is 0.256 e. The molecule has 3 aromatic rings. The Morgan fingerprint density at radius 1 is 1.03 bits per heavy atom. The summed E-state index contributed by atoms with van der Waals surface area (Å²) in [5.74, 6) is 1.11. The van der Waals surface area contributed by atoms with Crippen molar-refractivity contribution in [2.75, 3.05) is 12.4 Å². The van der Waals surface area contributed by atoms with Crippen LogP contribution < -0.4 is 14.8 Å². The van der Waals surface area contributed by atoms with Crippen molar-refractivity contribution in [2.24, 2.45) is 0 Å². The molecule has 0 saturated carbocycles. The Labute approximate surface area is 174 Å². The quantitative estimate of drug-likeness (QED) is 0.551. The molecule has 4 nitrogen and oxygen atoms in total. The van der Waals surface area contributed by atoms with Crippen LogP contribution in [0.15, 0.2) is 60.7 Å². The van der Waals surface area contributed by atoms with Crippen molar-refractivity contribution < 1.29 is 14.3 Å². The zero-order valence-electron chi connectivity index (χ0n) is 16.2. The molecule has 29 heavy (non-hydrogen) atoms. The predicted molar refractivity (Wildman–Crippen MR) is 116 cm³/mol. The standard InChI is InChI=1S/C24H20ClNO3/c1-15-4-3-5-17(10-15)14-29-22-9-6-16(12-23(22)28-2)11-20-19-8-7-18(25)13-21(19)26-24(20)27/h3-13H,14H2,1-2H3,(H,26,27)/b20-11+. The van der Waals surface area contributed by atoms with Crippen LogP contribution in [0.4, 0.5) is 5.69 Å². The molecule has 1 N–H and O–H groups in total. The normalized spacial score (nSPS) is 13.9. The summed E-state index contributed by atoms with van der Waals surface area (Å²) in [5, 5.41) is 3.43. The Morgan fingerprint density at radius 3 is 2.69 bits per heavy atom. The second kappa shape index (κ2) is 8.02. The summed E-state index contributed by atoms with van der Waals surface area (Å²) in [6.07, 6.45) is 1.84. The lowest BCUT2D eigenvalue weighted by atomic mass is 10.0. The number of carbonyl (C=O) groups is 1. The molecule has 0 fully saturated rings. The number of anilines is 1. The van der Waals surface area contributed by atoms with Gasteiger partial charge in [0.2, 0.25) is 0 Å². The third-order valence-electron chi connectivity index (χ3n) is 4.74. The van der Waals surface area contributed by atoms with Crippen molar-refractivity contribution in [3.63, 3.8) is 0 Å². The molecule has 1 aliphatic heterocycles. The fourth-order valence-electron chi connectivity index (χ4n) is 3.33. The van der Waals surface area contributed by atoms with Gasteiger partial charge in [0, 0.05) is 16.2 Å². The van der Waals surface area contributed by atoms with Crippen molar-refractivity contribution in [3.05, 3.63) is 87.9 Å². The Hall–Kier alpha value is -3.24. The van der Waals surface area contributed by atoms with E-state index in [4.69, 9.17) is 21.1 Å². The van der Waals surface area contributed by atoms with Crippen LogP contribution in [0.25, 0.3) is 11.6 Å². The van der Waals surface area contributed by atoms with Gasteiger partial charge in [-0.2, -0.15) is 0 Å². The molecule has 1 heterocycles. The first-order valence-electron chi connectivity index (χ1n) is 9.23. The minimum absolute atomic E-state index is 0.152. The molecule has 1 aliphatic rings. The second-order valence-corrected chi connectivity index (χ2v) is 7.33. The summed E-state index contributed by atoms with van der Waals surface area (Å²) in [6.45, 7) is 2.51. The van der Waals surface area contributed by atoms with Crippen molar-refractivity contribution in [1.29, 1.82) is 0 Å². The first-order valence-corrected chi connectivity index (χ1v) is 9.60. The maximum absolute atomic E-state index is 12.4. The number of amides is 1. The summed E-state index contributed by atoms with van der Waals surface area (Å²) in [4.78, 5) is 12.4. The third-order valence-corrected chi connectivity index (χ3v) is 4.98. The van der Waals surface area contributed by atoms with Gasteiger partial charge < -0.3 is 14.8 Å². The van der Waals surface area contributed by atoms with Crippen LogP contribution in [-0.4, -0.2) is 13.0 Å². The predicted octanol–water partition coefficient (Wildman–Crippen LogP) is 5.73. The van der Waals surface area contributed by atoms with E-state index >= 15 is 0 Å². The molecule has 0 saturated heterocycles. The molecule has 0 aromatic heterocycles. The number of ether oxygens (including phenoxy) is 2. The van der Waals surface area contributed by atoms with Gasteiger partial charge in [0.05, 0.1) is 12.8 Å². The average Bonchev–Trinajstić information content (AvgIpc) is 3.01. The van der Waals surface area contributed by atoms with Crippen molar-refractivity contribution >= 4 is 34.8 Å². The number of methoxy groups -OCH3 is 1. The number of carbonyl (C=O) groups excluding carboxylic acids is 1. The number of fused-ring (bicyclic) bond motifs is 1. The van der Waals surface area contributed by atoms with Crippen LogP contribution in [0.5, 0.6) is 11.5 Å². The van der Waals surface area contributed by atoms with Gasteiger partial charge in [-0.3, -0.25) is 4.79 Å². The number of halogens is 1. The molecule has 0 radical (unpaired) electrons. The summed E-state index contributed by atoms with van der Waals surface area (Å²) < 4.78 is 11.4. The highest BCUT2D eigenvalue weighted by molar-refractivity contribution is 6.36. The van der Waals surface area contributed by atoms with Gasteiger partial charge in [0.25, 0.3) is 5.91 Å². The lowest BCUT2D eigenvalue weighted by molar-refractivity contribution is -0.110. The number of rotatable bonds is 5. The van der Waals surface area contributed by atoms with Crippen LogP contribution in [0.1, 0.15) is 22.3 Å². The van der Waals surface area contributed by atoms with E-state index in [0.717, 1.165) is 22.4 Å². The molecule has 0 spiro atoms. The molecule has 0 aliphatic carbocycles. The lowest BCUT2D eigenvalue weighted by Gasteiger charge is -2.12.